The van der Waals surface area contributed by atoms with E-state index >= 15 is 0 Å². The lowest BCUT2D eigenvalue weighted by atomic mass is 9.94. The number of aliphatic hydroxyl groups excluding tert-OH is 1. The van der Waals surface area contributed by atoms with Crippen LogP contribution in [0, 0.1) is 20.8 Å². The van der Waals surface area contributed by atoms with Gasteiger partial charge in [0.1, 0.15) is 23.4 Å². The Kier molecular flexibility index (Phi) is 5.90. The van der Waals surface area contributed by atoms with E-state index in [9.17, 15) is 14.7 Å². The van der Waals surface area contributed by atoms with Crippen molar-refractivity contribution >= 4 is 39.5 Å². The molecule has 4 rings (SSSR count). The zero-order valence-electron chi connectivity index (χ0n) is 17.7. The van der Waals surface area contributed by atoms with Crippen molar-refractivity contribution in [2.75, 3.05) is 11.5 Å². The first-order chi connectivity index (χ1) is 15.3. The molecule has 1 aliphatic rings. The van der Waals surface area contributed by atoms with Crippen LogP contribution >= 0.6 is 22.7 Å². The van der Waals surface area contributed by atoms with E-state index in [4.69, 9.17) is 4.74 Å². The number of carbonyl (C=O) groups excluding carboxylic acids is 2. The van der Waals surface area contributed by atoms with E-state index in [0.717, 1.165) is 5.01 Å². The lowest BCUT2D eigenvalue weighted by molar-refractivity contribution is -0.117. The number of anilines is 1. The van der Waals surface area contributed by atoms with Crippen LogP contribution in [0.2, 0.25) is 0 Å². The average Bonchev–Trinajstić information content (AvgIpc) is 3.42. The molecular weight excluding hydrogens is 448 g/mol. The number of para-hydroxylation sites is 1. The number of ketones is 1. The summed E-state index contributed by atoms with van der Waals surface area (Å²) < 4.78 is 5.81. The molecule has 2 aromatic heterocycles. The summed E-state index contributed by atoms with van der Waals surface area (Å²) in [5.74, 6) is -1.32. The first-order valence-electron chi connectivity index (χ1n) is 9.71. The fourth-order valence-corrected chi connectivity index (χ4v) is 5.15. The van der Waals surface area contributed by atoms with Crippen LogP contribution in [-0.4, -0.2) is 38.6 Å². The molecule has 10 heteroatoms. The molecule has 1 aromatic carbocycles. The summed E-state index contributed by atoms with van der Waals surface area (Å²) >= 11 is 2.42. The third-order valence-electron chi connectivity index (χ3n) is 4.85. The topological polar surface area (TPSA) is 106 Å². The van der Waals surface area contributed by atoms with Crippen LogP contribution in [-0.2, 0) is 4.79 Å². The predicted molar refractivity (Wildman–Crippen MR) is 123 cm³/mol. The number of amides is 1. The number of benzene rings is 1. The van der Waals surface area contributed by atoms with Gasteiger partial charge >= 0.3 is 0 Å². The zero-order chi connectivity index (χ0) is 23.0. The Morgan fingerprint density at radius 2 is 1.97 bits per heavy atom. The van der Waals surface area contributed by atoms with Gasteiger partial charge < -0.3 is 9.84 Å². The smallest absolute Gasteiger partial charge is 0.296 e. The van der Waals surface area contributed by atoms with E-state index in [1.165, 1.54) is 27.6 Å². The van der Waals surface area contributed by atoms with E-state index in [2.05, 4.69) is 21.8 Å². The summed E-state index contributed by atoms with van der Waals surface area (Å²) in [6, 6.07) is 6.13. The molecule has 1 N–H and O–H groups in total. The number of carbonyl (C=O) groups is 2. The van der Waals surface area contributed by atoms with Gasteiger partial charge in [0.05, 0.1) is 21.2 Å². The highest BCUT2D eigenvalue weighted by Gasteiger charge is 2.47. The minimum atomic E-state index is -0.940. The molecule has 0 aliphatic carbocycles. The Morgan fingerprint density at radius 3 is 2.59 bits per heavy atom. The Bertz CT molecular complexity index is 1260. The Labute approximate surface area is 192 Å². The van der Waals surface area contributed by atoms with Gasteiger partial charge in [-0.25, -0.2) is 4.98 Å². The van der Waals surface area contributed by atoms with E-state index in [0.29, 0.717) is 26.9 Å². The minimum Gasteiger partial charge on any atom is -0.503 e. The standard InChI is InChI=1S/C22H20N4O4S2/c1-5-10-30-15-9-7-6-8-14(15)17-16(18(27)20-11(2)23-12(3)31-20)19(28)21(29)26(17)22-25-24-13(4)32-22/h5-9,17,28H,1,10H2,2-4H3. The monoisotopic (exact) mass is 468 g/mol. The summed E-state index contributed by atoms with van der Waals surface area (Å²) in [5.41, 5.74) is 1.05. The van der Waals surface area contributed by atoms with Crippen molar-refractivity contribution in [2.24, 2.45) is 0 Å². The number of thiazole rings is 1. The van der Waals surface area contributed by atoms with Crippen molar-refractivity contribution in [2.45, 2.75) is 26.8 Å². The normalized spacial score (nSPS) is 16.0. The van der Waals surface area contributed by atoms with Crippen LogP contribution in [0.15, 0.2) is 48.3 Å². The quantitative estimate of drug-likeness (QED) is 0.408. The molecule has 1 aliphatic heterocycles. The SMILES string of the molecule is C=CCOc1ccccc1C1C(C(=O)c2sc(C)nc2C)=C(O)C(=O)N1c1nnc(C)s1. The number of hydrogen-bond acceptors (Lipinski definition) is 9. The predicted octanol–water partition coefficient (Wildman–Crippen LogP) is 4.27. The van der Waals surface area contributed by atoms with Crippen molar-refractivity contribution in [3.05, 3.63) is 74.4 Å². The number of nitrogens with zero attached hydrogens (tertiary/aromatic N) is 4. The number of aromatic nitrogens is 3. The van der Waals surface area contributed by atoms with E-state index < -0.39 is 23.5 Å². The molecule has 3 aromatic rings. The maximum Gasteiger partial charge on any atom is 0.296 e. The Morgan fingerprint density at radius 1 is 1.22 bits per heavy atom. The molecule has 164 valence electrons. The van der Waals surface area contributed by atoms with Crippen LogP contribution in [0.3, 0.4) is 0 Å². The van der Waals surface area contributed by atoms with Crippen molar-refractivity contribution in [1.82, 2.24) is 15.2 Å². The zero-order valence-corrected chi connectivity index (χ0v) is 19.3. The van der Waals surface area contributed by atoms with Gasteiger partial charge in [-0.1, -0.05) is 42.2 Å². The fraction of sp³-hybridized carbons (Fsp3) is 0.227. The first kappa shape index (κ1) is 21.8. The van der Waals surface area contributed by atoms with Crippen molar-refractivity contribution < 1.29 is 19.4 Å². The second kappa shape index (κ2) is 8.64. The van der Waals surface area contributed by atoms with E-state index in [-0.39, 0.29) is 17.3 Å². The molecule has 0 radical (unpaired) electrons. The maximum atomic E-state index is 13.6. The van der Waals surface area contributed by atoms with Crippen molar-refractivity contribution in [3.63, 3.8) is 0 Å². The van der Waals surface area contributed by atoms with Crippen LogP contribution in [0.5, 0.6) is 5.75 Å². The Balaban J connectivity index is 1.91. The van der Waals surface area contributed by atoms with Crippen LogP contribution < -0.4 is 9.64 Å². The summed E-state index contributed by atoms with van der Waals surface area (Å²) in [4.78, 5) is 32.8. The van der Waals surface area contributed by atoms with Gasteiger partial charge in [-0.2, -0.15) is 0 Å². The molecule has 8 nitrogen and oxygen atoms in total. The maximum absolute atomic E-state index is 13.6. The third kappa shape index (κ3) is 3.71. The van der Waals surface area contributed by atoms with Gasteiger partial charge in [0.2, 0.25) is 10.9 Å². The number of aryl methyl sites for hydroxylation is 3. The lowest BCUT2D eigenvalue weighted by Crippen LogP contribution is -2.31. The number of ether oxygens (including phenoxy) is 1. The highest BCUT2D eigenvalue weighted by molar-refractivity contribution is 7.15. The second-order valence-electron chi connectivity index (χ2n) is 7.06. The lowest BCUT2D eigenvalue weighted by Gasteiger charge is -2.25. The molecule has 0 spiro atoms. The molecule has 1 amide bonds. The van der Waals surface area contributed by atoms with Gasteiger partial charge in [0.15, 0.2) is 5.76 Å². The third-order valence-corrected chi connectivity index (χ3v) is 6.76. The summed E-state index contributed by atoms with van der Waals surface area (Å²) in [6.45, 7) is 9.20. The summed E-state index contributed by atoms with van der Waals surface area (Å²) in [7, 11) is 0. The number of aliphatic hydroxyl groups is 1. The van der Waals surface area contributed by atoms with Crippen LogP contribution in [0.1, 0.15) is 37.0 Å². The van der Waals surface area contributed by atoms with Crippen molar-refractivity contribution in [1.29, 1.82) is 0 Å². The number of hydrogen-bond donors (Lipinski definition) is 1. The second-order valence-corrected chi connectivity index (χ2v) is 9.42. The van der Waals surface area contributed by atoms with Gasteiger partial charge in [0, 0.05) is 5.56 Å². The molecular formula is C22H20N4O4S2. The van der Waals surface area contributed by atoms with E-state index in [1.54, 1.807) is 51.1 Å². The van der Waals surface area contributed by atoms with Crippen molar-refractivity contribution in [3.8, 4) is 5.75 Å². The molecule has 1 unspecified atom stereocenters. The molecule has 0 fully saturated rings. The molecule has 0 saturated heterocycles. The molecule has 0 bridgehead atoms. The largest absolute Gasteiger partial charge is 0.503 e. The fourth-order valence-electron chi connectivity index (χ4n) is 3.56. The van der Waals surface area contributed by atoms with Gasteiger partial charge in [-0.05, 0) is 26.8 Å². The molecule has 0 saturated carbocycles. The molecule has 3 heterocycles. The number of Topliss-reactive ketones (excluding diaryl/α,β-unsaturated/α-hetero) is 1. The van der Waals surface area contributed by atoms with Gasteiger partial charge in [-0.3, -0.25) is 14.5 Å². The number of rotatable bonds is 7. The highest BCUT2D eigenvalue weighted by atomic mass is 32.1. The molecule has 1 atom stereocenters. The Hall–Kier alpha value is -3.37. The summed E-state index contributed by atoms with van der Waals surface area (Å²) in [5, 5.41) is 20.6. The molecule has 32 heavy (non-hydrogen) atoms. The van der Waals surface area contributed by atoms with Crippen LogP contribution in [0.25, 0.3) is 0 Å². The highest BCUT2D eigenvalue weighted by Crippen LogP contribution is 2.45. The van der Waals surface area contributed by atoms with Gasteiger partial charge in [0.25, 0.3) is 5.91 Å². The first-order valence-corrected chi connectivity index (χ1v) is 11.3. The minimum absolute atomic E-state index is 0.0377. The van der Waals surface area contributed by atoms with E-state index in [1.807, 2.05) is 0 Å². The van der Waals surface area contributed by atoms with Gasteiger partial charge in [-0.15, -0.1) is 21.5 Å². The summed E-state index contributed by atoms with van der Waals surface area (Å²) in [6.07, 6.45) is 1.60. The van der Waals surface area contributed by atoms with Crippen LogP contribution in [0.4, 0.5) is 5.13 Å². The average molecular weight is 469 g/mol.